The van der Waals surface area contributed by atoms with E-state index >= 15 is 0 Å². The second-order valence-corrected chi connectivity index (χ2v) is 8.69. The van der Waals surface area contributed by atoms with E-state index in [2.05, 4.69) is 27.3 Å². The summed E-state index contributed by atoms with van der Waals surface area (Å²) in [6, 6.07) is 22.5. The third-order valence-corrected chi connectivity index (χ3v) is 6.81. The molecule has 2 atom stereocenters. The normalized spacial score (nSPS) is 22.7. The fraction of sp³-hybridized carbons (Fsp3) is 0.308. The molecule has 1 amide bonds. The molecule has 1 saturated carbocycles. The van der Waals surface area contributed by atoms with Crippen molar-refractivity contribution >= 4 is 5.91 Å². The van der Waals surface area contributed by atoms with Crippen molar-refractivity contribution in [3.63, 3.8) is 0 Å². The maximum atomic E-state index is 13.2. The van der Waals surface area contributed by atoms with E-state index in [0.29, 0.717) is 35.4 Å². The van der Waals surface area contributed by atoms with Gasteiger partial charge in [0.05, 0.1) is 0 Å². The number of rotatable bonds is 7. The van der Waals surface area contributed by atoms with Gasteiger partial charge in [0.1, 0.15) is 0 Å². The van der Waals surface area contributed by atoms with Crippen molar-refractivity contribution in [3.05, 3.63) is 102 Å². The molecular formula is C26H27N3O2. The summed E-state index contributed by atoms with van der Waals surface area (Å²) in [5, 5.41) is 14.6. The Labute approximate surface area is 182 Å². The summed E-state index contributed by atoms with van der Waals surface area (Å²) in [6.07, 6.45) is 3.68. The number of aliphatic hydroxyl groups is 1. The predicted octanol–water partition coefficient (Wildman–Crippen LogP) is 2.81. The van der Waals surface area contributed by atoms with E-state index in [1.54, 1.807) is 24.3 Å². The number of hydrogen-bond donors (Lipinski definition) is 2. The molecule has 2 unspecified atom stereocenters. The van der Waals surface area contributed by atoms with Crippen LogP contribution >= 0.6 is 0 Å². The largest absolute Gasteiger partial charge is 0.372 e. The number of fused-ring (bicyclic) bond motifs is 1. The molecule has 5 rings (SSSR count). The first kappa shape index (κ1) is 19.9. The molecular weight excluding hydrogens is 386 g/mol. The van der Waals surface area contributed by atoms with Crippen LogP contribution in [0.1, 0.15) is 16.7 Å². The fourth-order valence-corrected chi connectivity index (χ4v) is 5.04. The third kappa shape index (κ3) is 3.87. The van der Waals surface area contributed by atoms with Gasteiger partial charge in [-0.1, -0.05) is 60.7 Å². The van der Waals surface area contributed by atoms with Gasteiger partial charge in [-0.2, -0.15) is 0 Å². The molecule has 0 spiro atoms. The highest BCUT2D eigenvalue weighted by Crippen LogP contribution is 2.51. The van der Waals surface area contributed by atoms with Crippen molar-refractivity contribution < 1.29 is 9.90 Å². The summed E-state index contributed by atoms with van der Waals surface area (Å²) < 4.78 is 0. The number of nitrogens with zero attached hydrogens (tertiary/aromatic N) is 2. The van der Waals surface area contributed by atoms with Crippen molar-refractivity contribution in [2.24, 2.45) is 17.8 Å². The number of likely N-dealkylation sites (tertiary alicyclic amines) is 1. The van der Waals surface area contributed by atoms with Crippen molar-refractivity contribution in [3.8, 4) is 0 Å². The molecule has 5 nitrogen and oxygen atoms in total. The Balaban J connectivity index is 1.21. The van der Waals surface area contributed by atoms with Gasteiger partial charge in [-0.25, -0.2) is 0 Å². The fourth-order valence-electron chi connectivity index (χ4n) is 5.04. The van der Waals surface area contributed by atoms with E-state index in [1.165, 1.54) is 5.56 Å². The van der Waals surface area contributed by atoms with Crippen LogP contribution in [0.5, 0.6) is 0 Å². The lowest BCUT2D eigenvalue weighted by Crippen LogP contribution is -2.46. The van der Waals surface area contributed by atoms with Crippen LogP contribution in [-0.2, 0) is 16.9 Å². The van der Waals surface area contributed by atoms with E-state index in [0.717, 1.165) is 19.6 Å². The predicted molar refractivity (Wildman–Crippen MR) is 119 cm³/mol. The molecule has 1 aromatic heterocycles. The Morgan fingerprint density at radius 1 is 0.935 bits per heavy atom. The molecule has 2 N–H and O–H groups in total. The summed E-state index contributed by atoms with van der Waals surface area (Å²) >= 11 is 0. The Hall–Kier alpha value is -3.02. The van der Waals surface area contributed by atoms with Gasteiger partial charge in [0.2, 0.25) is 0 Å². The molecule has 2 fully saturated rings. The van der Waals surface area contributed by atoms with Gasteiger partial charge < -0.3 is 10.4 Å². The average Bonchev–Trinajstić information content (AvgIpc) is 3.29. The first-order valence-corrected chi connectivity index (χ1v) is 10.9. The minimum absolute atomic E-state index is 0.358. The molecule has 158 valence electrons. The van der Waals surface area contributed by atoms with Crippen LogP contribution in [0.4, 0.5) is 0 Å². The number of hydrogen-bond acceptors (Lipinski definition) is 4. The minimum Gasteiger partial charge on any atom is -0.372 e. The SMILES string of the molecule is O=C(NCC1C2CN(Cc3ccncc3)CC12)C(O)(c1ccccc1)c1ccccc1. The molecule has 0 radical (unpaired) electrons. The highest BCUT2D eigenvalue weighted by Gasteiger charge is 2.55. The standard InChI is InChI=1S/C26H27N3O2/c30-25(26(31,20-7-3-1-4-8-20)21-9-5-2-6-10-21)28-15-22-23-17-29(18-24(22)23)16-19-11-13-27-14-12-19/h1-14,22-24,31H,15-18H2,(H,28,30). The molecule has 5 heteroatoms. The number of amides is 1. The second kappa shape index (κ2) is 8.25. The maximum absolute atomic E-state index is 13.2. The summed E-state index contributed by atoms with van der Waals surface area (Å²) in [5.41, 5.74) is 0.758. The zero-order chi connectivity index (χ0) is 21.3. The number of benzene rings is 2. The lowest BCUT2D eigenvalue weighted by Gasteiger charge is -2.28. The van der Waals surface area contributed by atoms with Crippen LogP contribution in [0.3, 0.4) is 0 Å². The minimum atomic E-state index is -1.69. The smallest absolute Gasteiger partial charge is 0.261 e. The number of carbonyl (C=O) groups is 1. The quantitative estimate of drug-likeness (QED) is 0.625. The monoisotopic (exact) mass is 413 g/mol. The van der Waals surface area contributed by atoms with Crippen molar-refractivity contribution in [2.75, 3.05) is 19.6 Å². The van der Waals surface area contributed by atoms with E-state index < -0.39 is 5.60 Å². The Morgan fingerprint density at radius 2 is 1.48 bits per heavy atom. The van der Waals surface area contributed by atoms with E-state index in [9.17, 15) is 9.90 Å². The molecule has 2 aromatic carbocycles. The van der Waals surface area contributed by atoms with Crippen molar-refractivity contribution in [2.45, 2.75) is 12.1 Å². The van der Waals surface area contributed by atoms with Crippen LogP contribution in [0.25, 0.3) is 0 Å². The molecule has 2 aliphatic rings. The first-order chi connectivity index (χ1) is 15.2. The highest BCUT2D eigenvalue weighted by molar-refractivity contribution is 5.90. The van der Waals surface area contributed by atoms with Crippen LogP contribution < -0.4 is 5.32 Å². The van der Waals surface area contributed by atoms with Gasteiger partial charge >= 0.3 is 0 Å². The molecule has 31 heavy (non-hydrogen) atoms. The summed E-state index contributed by atoms with van der Waals surface area (Å²) in [5.74, 6) is 1.39. The van der Waals surface area contributed by atoms with Crippen molar-refractivity contribution in [1.29, 1.82) is 0 Å². The molecule has 3 aromatic rings. The van der Waals surface area contributed by atoms with Gasteiger partial charge in [-0.15, -0.1) is 0 Å². The van der Waals surface area contributed by atoms with Gasteiger partial charge in [0.15, 0.2) is 5.60 Å². The van der Waals surface area contributed by atoms with Crippen LogP contribution in [0.15, 0.2) is 85.2 Å². The van der Waals surface area contributed by atoms with Gasteiger partial charge in [0.25, 0.3) is 5.91 Å². The van der Waals surface area contributed by atoms with Crippen LogP contribution in [-0.4, -0.2) is 40.5 Å². The summed E-state index contributed by atoms with van der Waals surface area (Å²) in [6.45, 7) is 3.69. The molecule has 0 bridgehead atoms. The first-order valence-electron chi connectivity index (χ1n) is 10.9. The zero-order valence-electron chi connectivity index (χ0n) is 17.4. The van der Waals surface area contributed by atoms with E-state index in [4.69, 9.17) is 0 Å². The van der Waals surface area contributed by atoms with Crippen LogP contribution in [0, 0.1) is 17.8 Å². The van der Waals surface area contributed by atoms with E-state index in [-0.39, 0.29) is 5.91 Å². The van der Waals surface area contributed by atoms with Gasteiger partial charge in [-0.3, -0.25) is 14.7 Å². The number of nitrogens with one attached hydrogen (secondary N) is 1. The lowest BCUT2D eigenvalue weighted by atomic mass is 9.85. The Bertz CT molecular complexity index is 975. The molecule has 1 aliphatic carbocycles. The Morgan fingerprint density at radius 3 is 2.03 bits per heavy atom. The van der Waals surface area contributed by atoms with Crippen LogP contribution in [0.2, 0.25) is 0 Å². The lowest BCUT2D eigenvalue weighted by molar-refractivity contribution is -0.136. The number of pyridine rings is 1. The Kier molecular flexibility index (Phi) is 5.30. The van der Waals surface area contributed by atoms with Gasteiger partial charge in [0, 0.05) is 38.6 Å². The second-order valence-electron chi connectivity index (χ2n) is 8.69. The molecule has 2 heterocycles. The van der Waals surface area contributed by atoms with E-state index in [1.807, 2.05) is 48.8 Å². The van der Waals surface area contributed by atoms with Crippen molar-refractivity contribution in [1.82, 2.24) is 15.2 Å². The molecule has 1 saturated heterocycles. The zero-order valence-corrected chi connectivity index (χ0v) is 17.4. The average molecular weight is 414 g/mol. The summed E-state index contributed by atoms with van der Waals surface area (Å²) in [4.78, 5) is 19.8. The third-order valence-electron chi connectivity index (χ3n) is 6.81. The number of piperidine rings is 1. The number of carbonyl (C=O) groups excluding carboxylic acids is 1. The summed E-state index contributed by atoms with van der Waals surface area (Å²) in [7, 11) is 0. The van der Waals surface area contributed by atoms with Gasteiger partial charge in [-0.05, 0) is 46.6 Å². The number of aromatic nitrogens is 1. The topological polar surface area (TPSA) is 65.5 Å². The highest BCUT2D eigenvalue weighted by atomic mass is 16.3. The maximum Gasteiger partial charge on any atom is 0.261 e. The molecule has 1 aliphatic heterocycles.